The maximum atomic E-state index is 14.1. The lowest BCUT2D eigenvalue weighted by molar-refractivity contribution is -0.140. The van der Waals surface area contributed by atoms with E-state index in [-0.39, 0.29) is 25.2 Å². The second-order valence-corrected chi connectivity index (χ2v) is 15.8. The van der Waals surface area contributed by atoms with E-state index in [1.807, 2.05) is 48.5 Å². The Kier molecular flexibility index (Phi) is 8.85. The van der Waals surface area contributed by atoms with Crippen LogP contribution in [0.4, 0.5) is 0 Å². The van der Waals surface area contributed by atoms with E-state index in [4.69, 9.17) is 9.57 Å². The van der Waals surface area contributed by atoms with Crippen molar-refractivity contribution in [2.45, 2.75) is 68.3 Å². The van der Waals surface area contributed by atoms with Gasteiger partial charge < -0.3 is 19.8 Å². The van der Waals surface area contributed by atoms with Gasteiger partial charge in [-0.05, 0) is 80.7 Å². The first-order valence-electron chi connectivity index (χ1n) is 17.1. The first-order chi connectivity index (χ1) is 23.6. The second kappa shape index (κ2) is 13.1. The van der Waals surface area contributed by atoms with E-state index >= 15 is 0 Å². The summed E-state index contributed by atoms with van der Waals surface area (Å²) in [5.41, 5.74) is 3.04. The molecule has 4 aliphatic carbocycles. The van der Waals surface area contributed by atoms with Crippen molar-refractivity contribution in [3.8, 4) is 16.9 Å². The van der Waals surface area contributed by atoms with Crippen molar-refractivity contribution < 1.29 is 32.4 Å². The number of nitrogens with zero attached hydrogens (tertiary/aromatic N) is 2. The molecule has 11 nitrogen and oxygen atoms in total. The van der Waals surface area contributed by atoms with Crippen LogP contribution in [0, 0.1) is 17.8 Å². The number of rotatable bonds is 6. The highest BCUT2D eigenvalue weighted by molar-refractivity contribution is 7.91. The number of carbonyl (C=O) groups excluding carboxylic acids is 3. The zero-order chi connectivity index (χ0) is 34.3. The van der Waals surface area contributed by atoms with Crippen LogP contribution in [0.15, 0.2) is 72.4 Å². The third-order valence-corrected chi connectivity index (χ3v) is 12.3. The van der Waals surface area contributed by atoms with Crippen LogP contribution in [0.25, 0.3) is 11.1 Å². The molecule has 3 amide bonds. The average molecular weight is 687 g/mol. The summed E-state index contributed by atoms with van der Waals surface area (Å²) in [6, 6.07) is 13.9. The molecule has 3 saturated carbocycles. The Morgan fingerprint density at radius 1 is 1.04 bits per heavy atom. The Morgan fingerprint density at radius 2 is 1.82 bits per heavy atom. The maximum absolute atomic E-state index is 14.1. The highest BCUT2D eigenvalue weighted by atomic mass is 32.2. The van der Waals surface area contributed by atoms with Gasteiger partial charge in [-0.2, -0.15) is 0 Å². The third-order valence-electron chi connectivity index (χ3n) is 10.4. The number of amides is 3. The molecule has 3 fully saturated rings. The van der Waals surface area contributed by atoms with Gasteiger partial charge in [-0.1, -0.05) is 47.6 Å². The molecule has 0 saturated heterocycles. The Hall–Kier alpha value is -4.45. The van der Waals surface area contributed by atoms with Crippen molar-refractivity contribution in [1.82, 2.24) is 14.9 Å². The van der Waals surface area contributed by atoms with Crippen molar-refractivity contribution in [3.05, 3.63) is 78.4 Å². The van der Waals surface area contributed by atoms with Crippen molar-refractivity contribution in [3.63, 3.8) is 0 Å². The van der Waals surface area contributed by atoms with E-state index in [1.165, 1.54) is 0 Å². The normalized spacial score (nSPS) is 29.8. The summed E-state index contributed by atoms with van der Waals surface area (Å²) in [6.07, 6.45) is 9.28. The Morgan fingerprint density at radius 3 is 2.57 bits per heavy atom. The number of hydrogen-bond acceptors (Lipinski definition) is 8. The summed E-state index contributed by atoms with van der Waals surface area (Å²) < 4.78 is 33.5. The van der Waals surface area contributed by atoms with Crippen molar-refractivity contribution >= 4 is 33.5 Å². The smallest absolute Gasteiger partial charge is 0.259 e. The first-order valence-corrected chi connectivity index (χ1v) is 18.7. The molecule has 1 heterocycles. The molecule has 2 N–H and O–H groups in total. The summed E-state index contributed by atoms with van der Waals surface area (Å²) >= 11 is 0. The molecule has 0 radical (unpaired) electrons. The lowest BCUT2D eigenvalue weighted by atomic mass is 9.93. The minimum Gasteiger partial charge on any atom is -0.490 e. The standard InChI is InChI=1S/C37H42N4O7S/c1-3-23-22-37(23,36(44)40-49(45,46)26-14-15-26)38-34(42)31-20-25-21-32(31)35(43)41(2)17-9-5-4-6-10-18-47-24-13-16-28-27-11-7-8-12-29(27)33(39-48-25)30(28)19-24/h3,6-8,10-13,16,19,23,25-26,31-32H,1,4-5,9,14-15,17-18,20-22H2,2H3,(H,38,42)(H,40,44)/b10-6+,39-33+/t23-,25-,31-,32-,37-/m1/s1. The molecule has 49 heavy (non-hydrogen) atoms. The quantitative estimate of drug-likeness (QED) is 0.372. The zero-order valence-electron chi connectivity index (χ0n) is 27.6. The Bertz CT molecular complexity index is 1850. The fourth-order valence-corrected chi connectivity index (χ4v) is 8.71. The lowest BCUT2D eigenvalue weighted by Crippen LogP contribution is -2.54. The summed E-state index contributed by atoms with van der Waals surface area (Å²) in [5, 5.41) is 6.93. The molecule has 1 aliphatic heterocycles. The van der Waals surface area contributed by atoms with Crippen LogP contribution < -0.4 is 14.8 Å². The summed E-state index contributed by atoms with van der Waals surface area (Å²) in [4.78, 5) is 49.2. The van der Waals surface area contributed by atoms with Crippen molar-refractivity contribution in [2.24, 2.45) is 22.9 Å². The van der Waals surface area contributed by atoms with E-state index < -0.39 is 56.5 Å². The third kappa shape index (κ3) is 6.50. The molecule has 4 bridgehead atoms. The molecular weight excluding hydrogens is 644 g/mol. The van der Waals surface area contributed by atoms with E-state index in [1.54, 1.807) is 18.0 Å². The van der Waals surface area contributed by atoms with Gasteiger partial charge >= 0.3 is 0 Å². The van der Waals surface area contributed by atoms with Crippen molar-refractivity contribution in [1.29, 1.82) is 0 Å². The van der Waals surface area contributed by atoms with Gasteiger partial charge in [0.1, 0.15) is 29.7 Å². The number of benzene rings is 2. The zero-order valence-corrected chi connectivity index (χ0v) is 28.4. The van der Waals surface area contributed by atoms with E-state index in [9.17, 15) is 22.8 Å². The van der Waals surface area contributed by atoms with E-state index in [0.717, 1.165) is 41.5 Å². The Balaban J connectivity index is 1.17. The molecule has 0 spiro atoms. The minimum atomic E-state index is -3.82. The SMILES string of the molecule is C=C[C@@H]1C[C@]1(NC(=O)[C@@H]1C[C@@H]2C[C@H]1C(=O)N(C)CCCC/C=C/COc1ccc3c(c1)/C(=N/O2)c1ccccc1-3)C(=O)NS(=O)(=O)C1CC1. The monoisotopic (exact) mass is 686 g/mol. The molecule has 5 aliphatic rings. The number of fused-ring (bicyclic) bond motifs is 6. The van der Waals surface area contributed by atoms with Gasteiger partial charge in [0.05, 0.1) is 17.1 Å². The number of ether oxygens (including phenoxy) is 1. The van der Waals surface area contributed by atoms with Gasteiger partial charge in [-0.25, -0.2) is 8.42 Å². The van der Waals surface area contributed by atoms with Crippen LogP contribution in [0.3, 0.4) is 0 Å². The van der Waals surface area contributed by atoms with Gasteiger partial charge in [0.15, 0.2) is 0 Å². The number of nitrogens with one attached hydrogen (secondary N) is 2. The number of hydrogen-bond donors (Lipinski definition) is 2. The van der Waals surface area contributed by atoms with Crippen LogP contribution in [0.2, 0.25) is 0 Å². The summed E-state index contributed by atoms with van der Waals surface area (Å²) in [5.74, 6) is -2.66. The van der Waals surface area contributed by atoms with Crippen molar-refractivity contribution in [2.75, 3.05) is 20.2 Å². The molecule has 7 rings (SSSR count). The topological polar surface area (TPSA) is 143 Å². The van der Waals surface area contributed by atoms with Gasteiger partial charge in [-0.3, -0.25) is 19.1 Å². The molecule has 2 aromatic rings. The molecule has 12 heteroatoms. The van der Waals surface area contributed by atoms with Crippen LogP contribution in [0.1, 0.15) is 62.5 Å². The average Bonchev–Trinajstić information content (AvgIpc) is 4.00. The number of allylic oxidation sites excluding steroid dienone is 1. The van der Waals surface area contributed by atoms with Crippen LogP contribution in [0.5, 0.6) is 5.75 Å². The van der Waals surface area contributed by atoms with Gasteiger partial charge in [-0.15, -0.1) is 6.58 Å². The predicted molar refractivity (Wildman–Crippen MR) is 184 cm³/mol. The van der Waals surface area contributed by atoms with Crippen LogP contribution in [-0.4, -0.2) is 73.8 Å². The maximum Gasteiger partial charge on any atom is 0.259 e. The fraction of sp³-hybridized carbons (Fsp3) is 0.459. The van der Waals surface area contributed by atoms with E-state index in [2.05, 4.69) is 27.8 Å². The minimum absolute atomic E-state index is 0.173. The number of carbonyl (C=O) groups is 3. The summed E-state index contributed by atoms with van der Waals surface area (Å²) in [6.45, 7) is 4.75. The number of sulfonamides is 1. The van der Waals surface area contributed by atoms with Crippen LogP contribution >= 0.6 is 0 Å². The Labute approximate surface area is 286 Å². The van der Waals surface area contributed by atoms with Gasteiger partial charge in [0.25, 0.3) is 5.91 Å². The molecule has 258 valence electrons. The second-order valence-electron chi connectivity index (χ2n) is 13.8. The lowest BCUT2D eigenvalue weighted by Gasteiger charge is -2.26. The number of oxime groups is 1. The molecule has 2 aromatic carbocycles. The molecular formula is C37H42N4O7S. The highest BCUT2D eigenvalue weighted by Gasteiger charge is 2.62. The predicted octanol–water partition coefficient (Wildman–Crippen LogP) is 4.08. The molecule has 0 aromatic heterocycles. The van der Waals surface area contributed by atoms with Crippen LogP contribution in [-0.2, 0) is 29.2 Å². The van der Waals surface area contributed by atoms with Gasteiger partial charge in [0, 0.05) is 30.6 Å². The van der Waals surface area contributed by atoms with Gasteiger partial charge in [0.2, 0.25) is 21.8 Å². The molecule has 0 unspecified atom stereocenters. The molecule has 5 atom stereocenters. The largest absolute Gasteiger partial charge is 0.490 e. The van der Waals surface area contributed by atoms with E-state index in [0.29, 0.717) is 37.5 Å². The summed E-state index contributed by atoms with van der Waals surface area (Å²) in [7, 11) is -2.08. The first kappa shape index (κ1) is 33.1. The fourth-order valence-electron chi connectivity index (χ4n) is 7.34. The highest BCUT2D eigenvalue weighted by Crippen LogP contribution is 2.47.